The number of anilines is 1. The number of carbonyl (C=O) groups excluding carboxylic acids is 2. The van der Waals surface area contributed by atoms with Gasteiger partial charge in [-0.05, 0) is 49.2 Å². The van der Waals surface area contributed by atoms with Gasteiger partial charge in [-0.2, -0.15) is 0 Å². The second kappa shape index (κ2) is 8.17. The van der Waals surface area contributed by atoms with E-state index < -0.39 is 0 Å². The van der Waals surface area contributed by atoms with Crippen molar-refractivity contribution < 1.29 is 18.4 Å². The predicted octanol–water partition coefficient (Wildman–Crippen LogP) is 2.76. The van der Waals surface area contributed by atoms with Crippen LogP contribution in [0.15, 0.2) is 53.1 Å². The van der Waals surface area contributed by atoms with Crippen molar-refractivity contribution in [1.29, 1.82) is 0 Å². The molecular weight excluding hydrogens is 377 g/mol. The summed E-state index contributed by atoms with van der Waals surface area (Å²) in [6.45, 7) is 0.884. The molecule has 0 atom stereocenters. The molecule has 1 fully saturated rings. The number of carbonyl (C=O) groups is 2. The third-order valence-corrected chi connectivity index (χ3v) is 4.78. The average molecular weight is 395 g/mol. The van der Waals surface area contributed by atoms with E-state index in [1.807, 2.05) is 0 Å². The highest BCUT2D eigenvalue weighted by molar-refractivity contribution is 5.95. The molecule has 8 nitrogen and oxygen atoms in total. The molecule has 4 rings (SSSR count). The first kappa shape index (κ1) is 18.7. The van der Waals surface area contributed by atoms with Gasteiger partial charge < -0.3 is 9.32 Å². The fraction of sp³-hybridized carbons (Fsp3) is 0.250. The molecule has 2 amide bonds. The van der Waals surface area contributed by atoms with Crippen LogP contribution in [0.25, 0.3) is 11.6 Å². The van der Waals surface area contributed by atoms with Crippen molar-refractivity contribution in [2.75, 3.05) is 18.4 Å². The van der Waals surface area contributed by atoms with E-state index >= 15 is 0 Å². The second-order valence-corrected chi connectivity index (χ2v) is 6.69. The Labute approximate surface area is 165 Å². The van der Waals surface area contributed by atoms with Crippen LogP contribution >= 0.6 is 0 Å². The van der Waals surface area contributed by atoms with Gasteiger partial charge in [-0.15, -0.1) is 5.10 Å². The zero-order valence-electron chi connectivity index (χ0n) is 15.4. The van der Waals surface area contributed by atoms with Crippen molar-refractivity contribution in [3.8, 4) is 11.6 Å². The molecule has 0 radical (unpaired) electrons. The van der Waals surface area contributed by atoms with Gasteiger partial charge in [-0.3, -0.25) is 19.9 Å². The summed E-state index contributed by atoms with van der Waals surface area (Å²) in [7, 11) is 0. The van der Waals surface area contributed by atoms with E-state index in [-0.39, 0.29) is 35.5 Å². The van der Waals surface area contributed by atoms with Crippen LogP contribution < -0.4 is 5.32 Å². The number of likely N-dealkylation sites (tertiary alicyclic amines) is 1. The first-order valence-corrected chi connectivity index (χ1v) is 9.21. The maximum atomic E-state index is 13.0. The molecular formula is C20H18FN5O3. The lowest BCUT2D eigenvalue weighted by Gasteiger charge is -2.31. The van der Waals surface area contributed by atoms with Crippen LogP contribution in [0.1, 0.15) is 23.2 Å². The Morgan fingerprint density at radius 2 is 1.83 bits per heavy atom. The number of nitrogens with zero attached hydrogens (tertiary/aromatic N) is 4. The largest absolute Gasteiger partial charge is 0.401 e. The zero-order valence-corrected chi connectivity index (χ0v) is 15.4. The average Bonchev–Trinajstić information content (AvgIpc) is 3.23. The number of piperidine rings is 1. The molecule has 3 heterocycles. The lowest BCUT2D eigenvalue weighted by Crippen LogP contribution is -2.41. The van der Waals surface area contributed by atoms with Crippen LogP contribution in [-0.4, -0.2) is 45.0 Å². The Balaban J connectivity index is 1.32. The summed E-state index contributed by atoms with van der Waals surface area (Å²) >= 11 is 0. The molecule has 9 heteroatoms. The summed E-state index contributed by atoms with van der Waals surface area (Å²) in [5, 5.41) is 10.4. The summed E-state index contributed by atoms with van der Waals surface area (Å²) in [5.74, 6) is -0.821. The van der Waals surface area contributed by atoms with Gasteiger partial charge >= 0.3 is 6.01 Å². The number of amides is 2. The Bertz CT molecular complexity index is 998. The van der Waals surface area contributed by atoms with Gasteiger partial charge in [0.2, 0.25) is 5.91 Å². The number of hydrogen-bond donors (Lipinski definition) is 1. The maximum absolute atomic E-state index is 13.0. The number of benzene rings is 1. The number of rotatable bonds is 4. The highest BCUT2D eigenvalue weighted by Gasteiger charge is 2.28. The van der Waals surface area contributed by atoms with Gasteiger partial charge in [-0.1, -0.05) is 11.2 Å². The van der Waals surface area contributed by atoms with Crippen LogP contribution in [0, 0.1) is 11.7 Å². The second-order valence-electron chi connectivity index (χ2n) is 6.69. The first-order chi connectivity index (χ1) is 14.1. The Kier molecular flexibility index (Phi) is 5.28. The molecule has 0 spiro atoms. The number of hydrogen-bond acceptors (Lipinski definition) is 6. The minimum atomic E-state index is -0.385. The summed E-state index contributed by atoms with van der Waals surface area (Å²) in [5.41, 5.74) is 0.954. The summed E-state index contributed by atoms with van der Waals surface area (Å²) < 4.78 is 18.5. The van der Waals surface area contributed by atoms with Gasteiger partial charge in [0, 0.05) is 30.8 Å². The Hall–Kier alpha value is -3.62. The molecule has 1 aliphatic rings. The highest BCUT2D eigenvalue weighted by atomic mass is 19.1. The van der Waals surface area contributed by atoms with Crippen LogP contribution in [0.4, 0.5) is 10.4 Å². The monoisotopic (exact) mass is 395 g/mol. The summed E-state index contributed by atoms with van der Waals surface area (Å²) in [6, 6.07) is 10.8. The van der Waals surface area contributed by atoms with Crippen molar-refractivity contribution in [2.45, 2.75) is 12.8 Å². The molecule has 0 unspecified atom stereocenters. The van der Waals surface area contributed by atoms with Crippen LogP contribution in [0.3, 0.4) is 0 Å². The van der Waals surface area contributed by atoms with Crippen molar-refractivity contribution in [3.63, 3.8) is 0 Å². The first-order valence-electron chi connectivity index (χ1n) is 9.21. The molecule has 3 aromatic rings. The van der Waals surface area contributed by atoms with Crippen LogP contribution in [-0.2, 0) is 4.79 Å². The van der Waals surface area contributed by atoms with Crippen molar-refractivity contribution in [3.05, 3.63) is 60.0 Å². The predicted molar refractivity (Wildman–Crippen MR) is 101 cm³/mol. The van der Waals surface area contributed by atoms with Gasteiger partial charge in [0.05, 0.1) is 0 Å². The van der Waals surface area contributed by atoms with E-state index in [1.165, 1.54) is 24.3 Å². The van der Waals surface area contributed by atoms with Gasteiger partial charge in [0.25, 0.3) is 11.8 Å². The topological polar surface area (TPSA) is 101 Å². The fourth-order valence-corrected chi connectivity index (χ4v) is 3.19. The Morgan fingerprint density at radius 1 is 1.07 bits per heavy atom. The van der Waals surface area contributed by atoms with E-state index in [1.54, 1.807) is 29.3 Å². The SMILES string of the molecule is O=C(Nc1nnc(-c2ccccn2)o1)C1CCN(C(=O)c2ccc(F)cc2)CC1. The molecule has 1 N–H and O–H groups in total. The van der Waals surface area contributed by atoms with E-state index in [0.717, 1.165) is 0 Å². The fourth-order valence-electron chi connectivity index (χ4n) is 3.19. The number of pyridine rings is 1. The van der Waals surface area contributed by atoms with E-state index in [4.69, 9.17) is 4.42 Å². The van der Waals surface area contributed by atoms with Crippen molar-refractivity contribution in [1.82, 2.24) is 20.1 Å². The molecule has 1 saturated heterocycles. The van der Waals surface area contributed by atoms with Crippen LogP contribution in [0.5, 0.6) is 0 Å². The molecule has 2 aromatic heterocycles. The Morgan fingerprint density at radius 3 is 2.52 bits per heavy atom. The van der Waals surface area contributed by atoms with Gasteiger partial charge in [-0.25, -0.2) is 4.39 Å². The quantitative estimate of drug-likeness (QED) is 0.729. The minimum Gasteiger partial charge on any atom is -0.401 e. The number of nitrogens with one attached hydrogen (secondary N) is 1. The third-order valence-electron chi connectivity index (χ3n) is 4.78. The molecule has 1 aromatic carbocycles. The molecule has 1 aliphatic heterocycles. The van der Waals surface area contributed by atoms with E-state index in [0.29, 0.717) is 37.2 Å². The summed E-state index contributed by atoms with van der Waals surface area (Å²) in [6.07, 6.45) is 2.64. The zero-order chi connectivity index (χ0) is 20.2. The van der Waals surface area contributed by atoms with Gasteiger partial charge in [0.15, 0.2) is 0 Å². The maximum Gasteiger partial charge on any atom is 0.322 e. The smallest absolute Gasteiger partial charge is 0.322 e. The minimum absolute atomic E-state index is 0.0143. The number of halogens is 1. The molecule has 0 bridgehead atoms. The number of aromatic nitrogens is 3. The lowest BCUT2D eigenvalue weighted by atomic mass is 9.95. The lowest BCUT2D eigenvalue weighted by molar-refractivity contribution is -0.121. The van der Waals surface area contributed by atoms with E-state index in [2.05, 4.69) is 20.5 Å². The molecule has 29 heavy (non-hydrogen) atoms. The highest BCUT2D eigenvalue weighted by Crippen LogP contribution is 2.22. The van der Waals surface area contributed by atoms with E-state index in [9.17, 15) is 14.0 Å². The normalized spacial score (nSPS) is 14.6. The standard InChI is InChI=1S/C20H18FN5O3/c21-15-6-4-14(5-7-15)19(28)26-11-8-13(9-12-26)17(27)23-20-25-24-18(29-20)16-3-1-2-10-22-16/h1-7,10,13H,8-9,11-12H2,(H,23,25,27). The third kappa shape index (κ3) is 4.29. The van der Waals surface area contributed by atoms with Crippen molar-refractivity contribution in [2.24, 2.45) is 5.92 Å². The van der Waals surface area contributed by atoms with Crippen LogP contribution in [0.2, 0.25) is 0 Å². The summed E-state index contributed by atoms with van der Waals surface area (Å²) in [4.78, 5) is 30.8. The molecule has 0 aliphatic carbocycles. The van der Waals surface area contributed by atoms with Crippen molar-refractivity contribution >= 4 is 17.8 Å². The molecule has 0 saturated carbocycles. The van der Waals surface area contributed by atoms with Gasteiger partial charge in [0.1, 0.15) is 11.5 Å². The molecule has 148 valence electrons.